The molecule has 2 bridgehead atoms. The average molecular weight is 591 g/mol. The topological polar surface area (TPSA) is 206 Å². The number of nitrogens with two attached hydrogens (primary N) is 2. The van der Waals surface area contributed by atoms with Gasteiger partial charge in [-0.3, -0.25) is 19.3 Å². The highest BCUT2D eigenvalue weighted by atomic mass is 32.2. The first-order valence-corrected chi connectivity index (χ1v) is 15.1. The van der Waals surface area contributed by atoms with Crippen molar-refractivity contribution in [3.05, 3.63) is 17.1 Å². The number of carbonyl (C=O) groups excluding carboxylic acids is 4. The molecule has 40 heavy (non-hydrogen) atoms. The molecule has 16 heteroatoms. The van der Waals surface area contributed by atoms with Crippen LogP contribution in [0.25, 0.3) is 0 Å². The predicted molar refractivity (Wildman–Crippen MR) is 142 cm³/mol. The van der Waals surface area contributed by atoms with Crippen molar-refractivity contribution < 1.29 is 33.6 Å². The van der Waals surface area contributed by atoms with Gasteiger partial charge in [0.1, 0.15) is 24.6 Å². The molecule has 6 heterocycles. The number of anilines is 1. The number of carbonyl (C=O) groups is 4. The van der Waals surface area contributed by atoms with E-state index < -0.39 is 34.6 Å². The zero-order valence-electron chi connectivity index (χ0n) is 21.7. The van der Waals surface area contributed by atoms with Gasteiger partial charge < -0.3 is 36.0 Å². The Labute approximate surface area is 237 Å². The number of primary amides is 1. The minimum atomic E-state index is -1.42. The highest BCUT2D eigenvalue weighted by molar-refractivity contribution is 8.00. The largest absolute Gasteiger partial charge is 0.543 e. The van der Waals surface area contributed by atoms with Crippen LogP contribution in [0.5, 0.6) is 0 Å². The van der Waals surface area contributed by atoms with Crippen molar-refractivity contribution in [1.82, 2.24) is 19.6 Å². The molecule has 1 aromatic heterocycles. The number of thioether (sulfide) groups is 1. The van der Waals surface area contributed by atoms with Gasteiger partial charge in [-0.05, 0) is 18.8 Å². The number of hydrogen-bond donors (Lipinski definition) is 3. The first kappa shape index (κ1) is 27.0. The normalized spacial score (nSPS) is 31.4. The van der Waals surface area contributed by atoms with Crippen LogP contribution < -0.4 is 21.9 Å². The van der Waals surface area contributed by atoms with Crippen LogP contribution in [0.1, 0.15) is 37.9 Å². The van der Waals surface area contributed by atoms with E-state index in [1.165, 1.54) is 16.7 Å². The third-order valence-electron chi connectivity index (χ3n) is 8.80. The predicted octanol–water partition coefficient (Wildman–Crippen LogP) is -1.86. The number of rotatable bonds is 10. The van der Waals surface area contributed by atoms with Gasteiger partial charge in [0.2, 0.25) is 17.4 Å². The van der Waals surface area contributed by atoms with Gasteiger partial charge in [0, 0.05) is 42.1 Å². The second-order valence-corrected chi connectivity index (χ2v) is 13.2. The molecule has 1 saturated carbocycles. The fraction of sp³-hybridized carbons (Fsp3) is 0.625. The molecule has 5 aliphatic heterocycles. The number of carboxylic acid groups (broad SMARTS) is 1. The highest BCUT2D eigenvalue weighted by Crippen LogP contribution is 2.46. The van der Waals surface area contributed by atoms with Crippen molar-refractivity contribution in [2.75, 3.05) is 44.3 Å². The number of aliphatic carboxylic acids is 1. The molecule has 5 fully saturated rings. The summed E-state index contributed by atoms with van der Waals surface area (Å²) in [4.78, 5) is 61.3. The fourth-order valence-electron chi connectivity index (χ4n) is 6.09. The van der Waals surface area contributed by atoms with Crippen LogP contribution in [0.15, 0.2) is 16.4 Å². The molecule has 6 aliphatic rings. The summed E-state index contributed by atoms with van der Waals surface area (Å²) in [5, 5.41) is 18.4. The fourth-order valence-corrected chi connectivity index (χ4v) is 7.86. The average Bonchev–Trinajstić information content (AvgIpc) is 3.67. The third-order valence-corrected chi connectivity index (χ3v) is 10.7. The molecule has 14 nitrogen and oxygen atoms in total. The minimum Gasteiger partial charge on any atom is -0.543 e. The lowest BCUT2D eigenvalue weighted by atomic mass is 9.70. The number of quaternary nitrogens is 1. The lowest BCUT2D eigenvalue weighted by Gasteiger charge is -2.55. The summed E-state index contributed by atoms with van der Waals surface area (Å²) in [5.74, 6) is -2.17. The standard InChI is InChI=1S/C24H30N8O6S2/c25-22(37)24-3-6-32(7-4-24,8-5-24)9-13-11-39-20-15(19(34)31(20)16(13)21(35)36)27-18(33)14(17-28-23(26)40-30-17)29-38-10-12-1-2-12/h12,15,20H,1-11H2,(H5-,25,26,27,28,30,33,35,36,37)/b29-14-/t15-,20-,24?,32?/m1/s1. The Kier molecular flexibility index (Phi) is 6.73. The number of nitrogens with zero attached hydrogens (tertiary/aromatic N) is 5. The summed E-state index contributed by atoms with van der Waals surface area (Å²) in [5.41, 5.74) is 11.2. The van der Waals surface area contributed by atoms with E-state index in [0.717, 1.165) is 44.0 Å². The lowest BCUT2D eigenvalue weighted by Crippen LogP contribution is -2.72. The van der Waals surface area contributed by atoms with Gasteiger partial charge in [0.25, 0.3) is 11.8 Å². The van der Waals surface area contributed by atoms with E-state index in [2.05, 4.69) is 19.8 Å². The number of nitrogens with one attached hydrogen (secondary N) is 1. The Balaban J connectivity index is 1.17. The maximum Gasteiger partial charge on any atom is 0.278 e. The summed E-state index contributed by atoms with van der Waals surface area (Å²) in [6, 6.07) is -0.966. The van der Waals surface area contributed by atoms with Crippen LogP contribution in [0, 0.1) is 11.3 Å². The Morgan fingerprint density at radius 2 is 1.93 bits per heavy atom. The number of carboxylic acids is 1. The first-order chi connectivity index (χ1) is 19.1. The molecule has 2 atom stereocenters. The Bertz CT molecular complexity index is 1320. The molecule has 7 rings (SSSR count). The van der Waals surface area contributed by atoms with Crippen molar-refractivity contribution in [1.29, 1.82) is 0 Å². The van der Waals surface area contributed by atoms with E-state index in [1.54, 1.807) is 0 Å². The summed E-state index contributed by atoms with van der Waals surface area (Å²) >= 11 is 2.29. The van der Waals surface area contributed by atoms with E-state index in [-0.39, 0.29) is 28.3 Å². The monoisotopic (exact) mass is 590 g/mol. The number of piperidine rings is 3. The van der Waals surface area contributed by atoms with Crippen LogP contribution in [-0.2, 0) is 24.0 Å². The number of oxime groups is 1. The molecular weight excluding hydrogens is 560 g/mol. The van der Waals surface area contributed by atoms with Crippen molar-refractivity contribution in [2.45, 2.75) is 43.5 Å². The molecule has 0 unspecified atom stereocenters. The lowest BCUT2D eigenvalue weighted by molar-refractivity contribution is -0.940. The van der Waals surface area contributed by atoms with Gasteiger partial charge >= 0.3 is 0 Å². The molecule has 4 saturated heterocycles. The maximum atomic E-state index is 13.2. The zero-order valence-corrected chi connectivity index (χ0v) is 23.3. The quantitative estimate of drug-likeness (QED) is 0.120. The summed E-state index contributed by atoms with van der Waals surface area (Å²) < 4.78 is 4.71. The van der Waals surface area contributed by atoms with Gasteiger partial charge in [-0.2, -0.15) is 9.36 Å². The van der Waals surface area contributed by atoms with E-state index in [4.69, 9.17) is 16.3 Å². The van der Waals surface area contributed by atoms with Crippen molar-refractivity contribution in [2.24, 2.45) is 22.2 Å². The first-order valence-electron chi connectivity index (χ1n) is 13.2. The number of β-lactam (4-membered cyclic amide) rings is 1. The SMILES string of the molecule is NC(=O)C12CC[N+](CC3=C(C(=O)[O-])N4C(=O)[C@@H](NC(=O)/C(=N\OCC5CC5)c5nsc(N)n5)[C@H]4SC3)(CC1)CC2. The molecular formula is C24H30N8O6S2. The molecule has 1 aromatic rings. The second-order valence-electron chi connectivity index (χ2n) is 11.3. The number of amides is 3. The maximum absolute atomic E-state index is 13.2. The zero-order chi connectivity index (χ0) is 28.2. The van der Waals surface area contributed by atoms with Gasteiger partial charge in [-0.1, -0.05) is 5.16 Å². The van der Waals surface area contributed by atoms with E-state index in [1.807, 2.05) is 0 Å². The number of nitrogen functional groups attached to an aromatic ring is 1. The van der Waals surface area contributed by atoms with Gasteiger partial charge in [0.05, 0.1) is 36.7 Å². The van der Waals surface area contributed by atoms with E-state index >= 15 is 0 Å². The molecule has 0 aromatic carbocycles. The summed E-state index contributed by atoms with van der Waals surface area (Å²) in [6.45, 7) is 3.01. The van der Waals surface area contributed by atoms with E-state index in [9.17, 15) is 24.3 Å². The number of hydrogen-bond acceptors (Lipinski definition) is 12. The van der Waals surface area contributed by atoms with Crippen LogP contribution in [-0.4, -0.2) is 98.1 Å². The Morgan fingerprint density at radius 3 is 2.50 bits per heavy atom. The number of fused-ring (bicyclic) bond motifs is 4. The van der Waals surface area contributed by atoms with Crippen LogP contribution in [0.3, 0.4) is 0 Å². The molecule has 214 valence electrons. The van der Waals surface area contributed by atoms with Gasteiger partial charge in [-0.15, -0.1) is 11.8 Å². The van der Waals surface area contributed by atoms with Gasteiger partial charge in [0.15, 0.2) is 5.13 Å². The number of aromatic nitrogens is 2. The summed E-state index contributed by atoms with van der Waals surface area (Å²) in [7, 11) is 0. The Morgan fingerprint density at radius 1 is 1.23 bits per heavy atom. The van der Waals surface area contributed by atoms with Crippen LogP contribution >= 0.6 is 23.3 Å². The van der Waals surface area contributed by atoms with Crippen molar-refractivity contribution in [3.63, 3.8) is 0 Å². The minimum absolute atomic E-state index is 0.00864. The summed E-state index contributed by atoms with van der Waals surface area (Å²) in [6.07, 6.45) is 4.10. The second kappa shape index (κ2) is 9.99. The molecule has 0 spiro atoms. The molecule has 1 aliphatic carbocycles. The smallest absolute Gasteiger partial charge is 0.278 e. The molecule has 5 N–H and O–H groups in total. The molecule has 0 radical (unpaired) electrons. The highest BCUT2D eigenvalue weighted by Gasteiger charge is 2.56. The van der Waals surface area contributed by atoms with Gasteiger partial charge in [-0.25, -0.2) is 0 Å². The third kappa shape index (κ3) is 4.71. The van der Waals surface area contributed by atoms with Crippen molar-refractivity contribution >= 4 is 57.8 Å². The molecule has 3 amide bonds. The van der Waals surface area contributed by atoms with Crippen LogP contribution in [0.2, 0.25) is 0 Å². The van der Waals surface area contributed by atoms with Crippen LogP contribution in [0.4, 0.5) is 5.13 Å². The van der Waals surface area contributed by atoms with E-state index in [0.29, 0.717) is 54.1 Å². The van der Waals surface area contributed by atoms with Crippen molar-refractivity contribution in [3.8, 4) is 0 Å². The Hall–Kier alpha value is -3.24.